The Balaban J connectivity index is 1.52. The van der Waals surface area contributed by atoms with Crippen LogP contribution < -0.4 is 0 Å². The molecule has 3 heteroatoms. The van der Waals surface area contributed by atoms with Gasteiger partial charge in [-0.1, -0.05) is 0 Å². The zero-order chi connectivity index (χ0) is 10.3. The highest BCUT2D eigenvalue weighted by molar-refractivity contribution is 4.91. The Morgan fingerprint density at radius 2 is 1.47 bits per heavy atom. The predicted octanol–water partition coefficient (Wildman–Crippen LogP) is 0.680. The van der Waals surface area contributed by atoms with E-state index >= 15 is 0 Å². The third kappa shape index (κ3) is 2.05. The summed E-state index contributed by atoms with van der Waals surface area (Å²) in [7, 11) is 0. The van der Waals surface area contributed by atoms with Crippen molar-refractivity contribution >= 4 is 0 Å². The van der Waals surface area contributed by atoms with E-state index in [0.29, 0.717) is 6.04 Å². The van der Waals surface area contributed by atoms with Crippen LogP contribution in [0.15, 0.2) is 0 Å². The molecule has 1 aliphatic heterocycles. The lowest BCUT2D eigenvalue weighted by molar-refractivity contribution is 0.0335. The number of hydrogen-bond donors (Lipinski definition) is 1. The van der Waals surface area contributed by atoms with Gasteiger partial charge in [-0.2, -0.15) is 0 Å². The molecule has 15 heavy (non-hydrogen) atoms. The SMILES string of the molecule is O[C@@H]1CCC[C@H]1N1CCN(C2CC2)CC1. The van der Waals surface area contributed by atoms with Gasteiger partial charge < -0.3 is 5.11 Å². The molecule has 86 valence electrons. The highest BCUT2D eigenvalue weighted by atomic mass is 16.3. The lowest BCUT2D eigenvalue weighted by Gasteiger charge is -2.39. The lowest BCUT2D eigenvalue weighted by atomic mass is 10.1. The van der Waals surface area contributed by atoms with Crippen molar-refractivity contribution in [2.75, 3.05) is 26.2 Å². The molecular weight excluding hydrogens is 188 g/mol. The molecule has 0 aromatic carbocycles. The van der Waals surface area contributed by atoms with E-state index in [2.05, 4.69) is 9.80 Å². The first-order valence-corrected chi connectivity index (χ1v) is 6.51. The fourth-order valence-electron chi connectivity index (χ4n) is 3.22. The first-order valence-electron chi connectivity index (χ1n) is 6.51. The van der Waals surface area contributed by atoms with Crippen LogP contribution in [0, 0.1) is 0 Å². The van der Waals surface area contributed by atoms with Crippen molar-refractivity contribution in [3.8, 4) is 0 Å². The summed E-state index contributed by atoms with van der Waals surface area (Å²) in [6, 6.07) is 1.40. The topological polar surface area (TPSA) is 26.7 Å². The van der Waals surface area contributed by atoms with Crippen molar-refractivity contribution in [1.82, 2.24) is 9.80 Å². The van der Waals surface area contributed by atoms with E-state index in [1.165, 1.54) is 51.9 Å². The molecule has 3 aliphatic rings. The highest BCUT2D eigenvalue weighted by Gasteiger charge is 2.35. The van der Waals surface area contributed by atoms with Crippen LogP contribution in [0.2, 0.25) is 0 Å². The van der Waals surface area contributed by atoms with Crippen LogP contribution in [-0.2, 0) is 0 Å². The van der Waals surface area contributed by atoms with E-state index in [9.17, 15) is 5.11 Å². The second-order valence-electron chi connectivity index (χ2n) is 5.37. The maximum Gasteiger partial charge on any atom is 0.0695 e. The molecule has 3 fully saturated rings. The molecule has 2 saturated carbocycles. The third-order valence-electron chi connectivity index (χ3n) is 4.33. The summed E-state index contributed by atoms with van der Waals surface area (Å²) in [6.45, 7) is 4.82. The molecule has 3 rings (SSSR count). The Bertz CT molecular complexity index is 222. The largest absolute Gasteiger partial charge is 0.391 e. The average molecular weight is 210 g/mol. The van der Waals surface area contributed by atoms with Crippen molar-refractivity contribution in [2.45, 2.75) is 50.3 Å². The maximum atomic E-state index is 9.87. The van der Waals surface area contributed by atoms with Gasteiger partial charge in [0, 0.05) is 38.3 Å². The Morgan fingerprint density at radius 1 is 0.800 bits per heavy atom. The molecule has 2 atom stereocenters. The Kier molecular flexibility index (Phi) is 2.71. The Hall–Kier alpha value is -0.120. The minimum Gasteiger partial charge on any atom is -0.391 e. The molecule has 0 bridgehead atoms. The van der Waals surface area contributed by atoms with E-state index < -0.39 is 0 Å². The number of nitrogens with zero attached hydrogens (tertiary/aromatic N) is 2. The summed E-state index contributed by atoms with van der Waals surface area (Å²) in [5.41, 5.74) is 0. The Morgan fingerprint density at radius 3 is 2.00 bits per heavy atom. The summed E-state index contributed by atoms with van der Waals surface area (Å²) in [6.07, 6.45) is 6.25. The molecule has 3 nitrogen and oxygen atoms in total. The first-order chi connectivity index (χ1) is 7.34. The number of aliphatic hydroxyl groups is 1. The summed E-state index contributed by atoms with van der Waals surface area (Å²) >= 11 is 0. The second-order valence-corrected chi connectivity index (χ2v) is 5.37. The average Bonchev–Trinajstić information content (AvgIpc) is 3.02. The fourth-order valence-corrected chi connectivity index (χ4v) is 3.22. The standard InChI is InChI=1S/C12H22N2O/c15-12-3-1-2-11(12)14-8-6-13(7-9-14)10-4-5-10/h10-12,15H,1-9H2/t11-,12-/m1/s1. The van der Waals surface area contributed by atoms with Crippen LogP contribution in [-0.4, -0.2) is 59.3 Å². The highest BCUT2D eigenvalue weighted by Crippen LogP contribution is 2.30. The zero-order valence-electron chi connectivity index (χ0n) is 9.44. The Labute approximate surface area is 92.1 Å². The van der Waals surface area contributed by atoms with Gasteiger partial charge in [-0.25, -0.2) is 0 Å². The second kappa shape index (κ2) is 4.04. The normalized spacial score (nSPS) is 39.8. The molecule has 0 aromatic rings. The van der Waals surface area contributed by atoms with Crippen LogP contribution in [0.1, 0.15) is 32.1 Å². The van der Waals surface area contributed by atoms with Gasteiger partial charge >= 0.3 is 0 Å². The van der Waals surface area contributed by atoms with E-state index in [4.69, 9.17) is 0 Å². The summed E-state index contributed by atoms with van der Waals surface area (Å²) in [4.78, 5) is 5.16. The van der Waals surface area contributed by atoms with Crippen LogP contribution in [0.5, 0.6) is 0 Å². The minimum absolute atomic E-state index is 0.0440. The number of aliphatic hydroxyl groups excluding tert-OH is 1. The van der Waals surface area contributed by atoms with E-state index in [1.54, 1.807) is 0 Å². The van der Waals surface area contributed by atoms with Gasteiger partial charge in [0.15, 0.2) is 0 Å². The van der Waals surface area contributed by atoms with Gasteiger partial charge in [-0.3, -0.25) is 9.80 Å². The summed E-state index contributed by atoms with van der Waals surface area (Å²) < 4.78 is 0. The van der Waals surface area contributed by atoms with Crippen molar-refractivity contribution < 1.29 is 5.11 Å². The number of rotatable bonds is 2. The van der Waals surface area contributed by atoms with Gasteiger partial charge in [0.05, 0.1) is 6.10 Å². The smallest absolute Gasteiger partial charge is 0.0695 e. The van der Waals surface area contributed by atoms with Crippen molar-refractivity contribution in [1.29, 1.82) is 0 Å². The van der Waals surface area contributed by atoms with E-state index in [0.717, 1.165) is 12.5 Å². The number of hydrogen-bond acceptors (Lipinski definition) is 3. The predicted molar refractivity (Wildman–Crippen MR) is 59.8 cm³/mol. The van der Waals surface area contributed by atoms with Gasteiger partial charge in [0.1, 0.15) is 0 Å². The van der Waals surface area contributed by atoms with E-state index in [-0.39, 0.29) is 6.10 Å². The van der Waals surface area contributed by atoms with E-state index in [1.807, 2.05) is 0 Å². The van der Waals surface area contributed by atoms with Crippen molar-refractivity contribution in [3.63, 3.8) is 0 Å². The molecule has 1 N–H and O–H groups in total. The summed E-state index contributed by atoms with van der Waals surface area (Å²) in [5, 5.41) is 9.87. The third-order valence-corrected chi connectivity index (χ3v) is 4.33. The minimum atomic E-state index is -0.0440. The molecule has 0 amide bonds. The molecule has 1 heterocycles. The quantitative estimate of drug-likeness (QED) is 0.726. The molecule has 0 radical (unpaired) electrons. The molecular formula is C12H22N2O. The van der Waals surface area contributed by atoms with Gasteiger partial charge in [-0.15, -0.1) is 0 Å². The van der Waals surface area contributed by atoms with Crippen molar-refractivity contribution in [2.24, 2.45) is 0 Å². The molecule has 2 aliphatic carbocycles. The molecule has 0 spiro atoms. The summed E-state index contributed by atoms with van der Waals surface area (Å²) in [5.74, 6) is 0. The van der Waals surface area contributed by atoms with Gasteiger partial charge in [0.25, 0.3) is 0 Å². The van der Waals surface area contributed by atoms with Crippen molar-refractivity contribution in [3.05, 3.63) is 0 Å². The lowest BCUT2D eigenvalue weighted by Crippen LogP contribution is -2.52. The zero-order valence-corrected chi connectivity index (χ0v) is 9.44. The van der Waals surface area contributed by atoms with Crippen LogP contribution in [0.25, 0.3) is 0 Å². The van der Waals surface area contributed by atoms with Gasteiger partial charge in [-0.05, 0) is 32.1 Å². The van der Waals surface area contributed by atoms with Crippen LogP contribution in [0.4, 0.5) is 0 Å². The fraction of sp³-hybridized carbons (Fsp3) is 1.00. The molecule has 0 aromatic heterocycles. The first kappa shape index (κ1) is 10.1. The maximum absolute atomic E-state index is 9.87. The number of piperazine rings is 1. The van der Waals surface area contributed by atoms with Gasteiger partial charge in [0.2, 0.25) is 0 Å². The van der Waals surface area contributed by atoms with Crippen LogP contribution >= 0.6 is 0 Å². The van der Waals surface area contributed by atoms with Crippen LogP contribution in [0.3, 0.4) is 0 Å². The molecule has 0 unspecified atom stereocenters. The molecule has 1 saturated heterocycles. The monoisotopic (exact) mass is 210 g/mol.